The van der Waals surface area contributed by atoms with Gasteiger partial charge in [0.1, 0.15) is 12.1 Å². The van der Waals surface area contributed by atoms with Crippen LogP contribution in [0.25, 0.3) is 5.65 Å². The van der Waals surface area contributed by atoms with Crippen LogP contribution in [0.5, 0.6) is 0 Å². The van der Waals surface area contributed by atoms with Crippen LogP contribution in [0.3, 0.4) is 0 Å². The van der Waals surface area contributed by atoms with Gasteiger partial charge >= 0.3 is 5.69 Å². The Bertz CT molecular complexity index is 554. The van der Waals surface area contributed by atoms with Crippen molar-refractivity contribution in [2.75, 3.05) is 11.9 Å². The highest BCUT2D eigenvalue weighted by Gasteiger charge is 2.15. The third-order valence-electron chi connectivity index (χ3n) is 2.29. The molecule has 0 spiro atoms. The molecular weight excluding hydrogens is 208 g/mol. The van der Waals surface area contributed by atoms with Crippen molar-refractivity contribution in [3.8, 4) is 0 Å². The van der Waals surface area contributed by atoms with Crippen molar-refractivity contribution >= 4 is 11.5 Å². The molecule has 7 nitrogen and oxygen atoms in total. The van der Waals surface area contributed by atoms with Crippen LogP contribution in [0.1, 0.15) is 13.8 Å². The van der Waals surface area contributed by atoms with E-state index in [2.05, 4.69) is 20.5 Å². The van der Waals surface area contributed by atoms with E-state index in [0.717, 1.165) is 0 Å². The Hall–Kier alpha value is -1.89. The van der Waals surface area contributed by atoms with Crippen molar-refractivity contribution in [3.63, 3.8) is 0 Å². The molecule has 0 amide bonds. The van der Waals surface area contributed by atoms with E-state index in [9.17, 15) is 4.79 Å². The molecule has 0 bridgehead atoms. The molecule has 16 heavy (non-hydrogen) atoms. The highest BCUT2D eigenvalue weighted by atomic mass is 16.1. The molecule has 7 heteroatoms. The molecule has 0 fully saturated rings. The Kier molecular flexibility index (Phi) is 2.39. The van der Waals surface area contributed by atoms with E-state index in [1.807, 2.05) is 13.8 Å². The first-order valence-electron chi connectivity index (χ1n) is 4.93. The number of aromatic nitrogens is 4. The molecule has 0 saturated heterocycles. The lowest BCUT2D eigenvalue weighted by Gasteiger charge is -2.24. The first-order chi connectivity index (χ1) is 7.52. The van der Waals surface area contributed by atoms with Gasteiger partial charge in [0.05, 0.1) is 0 Å². The van der Waals surface area contributed by atoms with E-state index >= 15 is 0 Å². The zero-order valence-corrected chi connectivity index (χ0v) is 9.19. The molecule has 0 aliphatic heterocycles. The van der Waals surface area contributed by atoms with Crippen molar-refractivity contribution in [2.24, 2.45) is 5.73 Å². The van der Waals surface area contributed by atoms with Gasteiger partial charge in [-0.3, -0.25) is 0 Å². The van der Waals surface area contributed by atoms with Crippen molar-refractivity contribution < 1.29 is 0 Å². The Morgan fingerprint density at radius 1 is 1.62 bits per heavy atom. The highest BCUT2D eigenvalue weighted by molar-refractivity contribution is 5.49. The summed E-state index contributed by atoms with van der Waals surface area (Å²) in [6, 6.07) is 1.69. The molecule has 0 unspecified atom stereocenters. The largest absolute Gasteiger partial charge is 0.364 e. The summed E-state index contributed by atoms with van der Waals surface area (Å²) in [5, 5.41) is 9.36. The van der Waals surface area contributed by atoms with Gasteiger partial charge < -0.3 is 11.1 Å². The predicted molar refractivity (Wildman–Crippen MR) is 60.4 cm³/mol. The molecule has 0 aliphatic carbocycles. The maximum Gasteiger partial charge on any atom is 0.348 e. The lowest BCUT2D eigenvalue weighted by Crippen LogP contribution is -2.39. The fraction of sp³-hybridized carbons (Fsp3) is 0.444. The zero-order valence-electron chi connectivity index (χ0n) is 9.19. The van der Waals surface area contributed by atoms with E-state index in [0.29, 0.717) is 18.0 Å². The Morgan fingerprint density at radius 3 is 3.06 bits per heavy atom. The van der Waals surface area contributed by atoms with Gasteiger partial charge in [0, 0.05) is 18.2 Å². The fourth-order valence-electron chi connectivity index (χ4n) is 1.28. The van der Waals surface area contributed by atoms with Gasteiger partial charge in [0.2, 0.25) is 0 Å². The molecule has 86 valence electrons. The van der Waals surface area contributed by atoms with E-state index < -0.39 is 0 Å². The van der Waals surface area contributed by atoms with Gasteiger partial charge in [-0.05, 0) is 13.8 Å². The molecule has 2 aromatic heterocycles. The van der Waals surface area contributed by atoms with Gasteiger partial charge in [0.15, 0.2) is 5.65 Å². The number of nitrogens with zero attached hydrogens (tertiary/aromatic N) is 3. The second-order valence-electron chi connectivity index (χ2n) is 4.24. The van der Waals surface area contributed by atoms with Gasteiger partial charge in [-0.25, -0.2) is 19.3 Å². The average molecular weight is 222 g/mol. The van der Waals surface area contributed by atoms with Crippen LogP contribution >= 0.6 is 0 Å². The monoisotopic (exact) mass is 222 g/mol. The summed E-state index contributed by atoms with van der Waals surface area (Å²) in [6.07, 6.45) is 1.43. The number of anilines is 1. The van der Waals surface area contributed by atoms with Crippen LogP contribution in [-0.4, -0.2) is 31.7 Å². The molecule has 2 rings (SSSR count). The van der Waals surface area contributed by atoms with Crippen molar-refractivity contribution in [2.45, 2.75) is 19.4 Å². The number of hydrogen-bond acceptors (Lipinski definition) is 5. The molecule has 0 atom stereocenters. The second kappa shape index (κ2) is 3.60. The number of aromatic amines is 1. The first kappa shape index (κ1) is 10.6. The van der Waals surface area contributed by atoms with Crippen LogP contribution in [0.15, 0.2) is 17.2 Å². The summed E-state index contributed by atoms with van der Waals surface area (Å²) < 4.78 is 1.33. The minimum atomic E-state index is -0.299. The quantitative estimate of drug-likeness (QED) is 0.654. The zero-order chi connectivity index (χ0) is 11.8. The fourth-order valence-corrected chi connectivity index (χ4v) is 1.28. The van der Waals surface area contributed by atoms with Gasteiger partial charge in [-0.15, -0.1) is 0 Å². The normalized spacial score (nSPS) is 11.9. The maximum atomic E-state index is 11.2. The summed E-state index contributed by atoms with van der Waals surface area (Å²) in [5.74, 6) is 0.641. The van der Waals surface area contributed by atoms with E-state index in [4.69, 9.17) is 5.73 Å². The summed E-state index contributed by atoms with van der Waals surface area (Å²) >= 11 is 0. The molecule has 0 aromatic carbocycles. The number of rotatable bonds is 3. The number of hydrogen-bond donors (Lipinski definition) is 3. The summed E-state index contributed by atoms with van der Waals surface area (Å²) in [4.78, 5) is 15.3. The van der Waals surface area contributed by atoms with E-state index in [-0.39, 0.29) is 11.2 Å². The minimum absolute atomic E-state index is 0.248. The van der Waals surface area contributed by atoms with Crippen LogP contribution in [-0.2, 0) is 0 Å². The van der Waals surface area contributed by atoms with E-state index in [1.54, 1.807) is 6.07 Å². The van der Waals surface area contributed by atoms with Crippen LogP contribution in [0.4, 0.5) is 5.82 Å². The number of nitrogens with two attached hydrogens (primary N) is 1. The van der Waals surface area contributed by atoms with Crippen LogP contribution in [0, 0.1) is 0 Å². The standard InChI is InChI=1S/C9H14N6O/c1-9(2,4-10)12-6-3-7-13-14-8(16)15(7)5-11-6/h3,5,12H,4,10H2,1-2H3,(H,14,16). The molecular formula is C9H14N6O. The molecule has 4 N–H and O–H groups in total. The van der Waals surface area contributed by atoms with Gasteiger partial charge in [0.25, 0.3) is 0 Å². The summed E-state index contributed by atoms with van der Waals surface area (Å²) in [6.45, 7) is 4.42. The van der Waals surface area contributed by atoms with Gasteiger partial charge in [-0.2, -0.15) is 5.10 Å². The third kappa shape index (κ3) is 1.89. The SMILES string of the molecule is CC(C)(CN)Nc1cc2n[nH]c(=O)n2cn1. The molecule has 2 heterocycles. The molecule has 0 radical (unpaired) electrons. The summed E-state index contributed by atoms with van der Waals surface area (Å²) in [5.41, 5.74) is 5.58. The van der Waals surface area contributed by atoms with Crippen molar-refractivity contribution in [3.05, 3.63) is 22.9 Å². The lowest BCUT2D eigenvalue weighted by molar-refractivity contribution is 0.577. The Balaban J connectivity index is 2.37. The first-order valence-corrected chi connectivity index (χ1v) is 4.93. The summed E-state index contributed by atoms with van der Waals surface area (Å²) in [7, 11) is 0. The highest BCUT2D eigenvalue weighted by Crippen LogP contribution is 2.11. The number of fused-ring (bicyclic) bond motifs is 1. The van der Waals surface area contributed by atoms with Crippen LogP contribution < -0.4 is 16.7 Å². The van der Waals surface area contributed by atoms with Crippen LogP contribution in [0.2, 0.25) is 0 Å². The molecule has 0 aliphatic rings. The van der Waals surface area contributed by atoms with Crippen molar-refractivity contribution in [1.29, 1.82) is 0 Å². The van der Waals surface area contributed by atoms with E-state index in [1.165, 1.54) is 10.7 Å². The van der Waals surface area contributed by atoms with Gasteiger partial charge in [-0.1, -0.05) is 0 Å². The predicted octanol–water partition coefficient (Wildman–Crippen LogP) is -0.433. The Labute approximate surface area is 91.7 Å². The average Bonchev–Trinajstić information content (AvgIpc) is 2.60. The third-order valence-corrected chi connectivity index (χ3v) is 2.29. The number of nitrogens with one attached hydrogen (secondary N) is 2. The second-order valence-corrected chi connectivity index (χ2v) is 4.24. The Morgan fingerprint density at radius 2 is 2.38 bits per heavy atom. The minimum Gasteiger partial charge on any atom is -0.364 e. The molecule has 0 saturated carbocycles. The maximum absolute atomic E-state index is 11.2. The smallest absolute Gasteiger partial charge is 0.348 e. The number of H-pyrrole nitrogens is 1. The molecule has 2 aromatic rings. The van der Waals surface area contributed by atoms with Crippen molar-refractivity contribution in [1.82, 2.24) is 19.6 Å². The lowest BCUT2D eigenvalue weighted by atomic mass is 10.1. The topological polar surface area (TPSA) is 101 Å².